The van der Waals surface area contributed by atoms with Gasteiger partial charge in [-0.15, -0.1) is 0 Å². The molecule has 0 bridgehead atoms. The number of nitrogens with one attached hydrogen (secondary N) is 1. The van der Waals surface area contributed by atoms with Gasteiger partial charge in [0.15, 0.2) is 0 Å². The average Bonchev–Trinajstić information content (AvgIpc) is 2.45. The number of ether oxygens (including phenoxy) is 1. The number of rotatable bonds is 8. The number of methoxy groups -OCH3 is 1. The maximum absolute atomic E-state index is 5.19. The van der Waals surface area contributed by atoms with Crippen LogP contribution in [0.25, 0.3) is 0 Å². The number of hydrogen-bond acceptors (Lipinski definition) is 5. The molecule has 0 radical (unpaired) electrons. The summed E-state index contributed by atoms with van der Waals surface area (Å²) >= 11 is 0. The Morgan fingerprint density at radius 3 is 2.48 bits per heavy atom. The van der Waals surface area contributed by atoms with Crippen LogP contribution in [0.3, 0.4) is 0 Å². The molecule has 0 fully saturated rings. The summed E-state index contributed by atoms with van der Waals surface area (Å²) in [5.41, 5.74) is -0.0701. The van der Waals surface area contributed by atoms with Crippen LogP contribution in [0.15, 0.2) is 6.07 Å². The minimum atomic E-state index is -0.0701. The van der Waals surface area contributed by atoms with Crippen molar-refractivity contribution in [1.29, 1.82) is 0 Å². The third-order valence-corrected chi connectivity index (χ3v) is 3.21. The second kappa shape index (κ2) is 8.17. The van der Waals surface area contributed by atoms with Gasteiger partial charge < -0.3 is 15.0 Å². The predicted molar refractivity (Wildman–Crippen MR) is 89.3 cm³/mol. The van der Waals surface area contributed by atoms with E-state index in [9.17, 15) is 0 Å². The van der Waals surface area contributed by atoms with E-state index in [0.29, 0.717) is 6.61 Å². The zero-order chi connectivity index (χ0) is 15.9. The lowest BCUT2D eigenvalue weighted by molar-refractivity contribution is 0.205. The molecule has 5 nitrogen and oxygen atoms in total. The topological polar surface area (TPSA) is 50.3 Å². The number of nitrogens with zero attached hydrogens (tertiary/aromatic N) is 3. The molecule has 0 aliphatic carbocycles. The van der Waals surface area contributed by atoms with E-state index in [1.165, 1.54) is 0 Å². The van der Waals surface area contributed by atoms with Gasteiger partial charge in [-0.1, -0.05) is 27.7 Å². The average molecular weight is 294 g/mol. The van der Waals surface area contributed by atoms with E-state index >= 15 is 0 Å². The summed E-state index contributed by atoms with van der Waals surface area (Å²) in [5, 5.41) is 3.37. The van der Waals surface area contributed by atoms with Crippen molar-refractivity contribution < 1.29 is 4.74 Å². The van der Waals surface area contributed by atoms with Crippen molar-refractivity contribution in [2.45, 2.75) is 46.5 Å². The Kier molecular flexibility index (Phi) is 6.89. The number of hydrogen-bond donors (Lipinski definition) is 1. The molecular formula is C16H30N4O. The first-order valence-corrected chi connectivity index (χ1v) is 7.79. The molecule has 1 heterocycles. The molecule has 1 aromatic rings. The zero-order valence-electron chi connectivity index (χ0n) is 14.4. The van der Waals surface area contributed by atoms with E-state index in [-0.39, 0.29) is 5.41 Å². The lowest BCUT2D eigenvalue weighted by Crippen LogP contribution is -2.29. The summed E-state index contributed by atoms with van der Waals surface area (Å²) in [6.45, 7) is 14.1. The van der Waals surface area contributed by atoms with Gasteiger partial charge in [0.05, 0.1) is 6.61 Å². The quantitative estimate of drug-likeness (QED) is 0.798. The highest BCUT2D eigenvalue weighted by Gasteiger charge is 2.20. The van der Waals surface area contributed by atoms with Crippen LogP contribution in [0.2, 0.25) is 0 Å². The number of likely N-dealkylation sites (N-methyl/N-ethyl adjacent to an activating group) is 1. The van der Waals surface area contributed by atoms with Crippen molar-refractivity contribution in [2.75, 3.05) is 43.6 Å². The fourth-order valence-electron chi connectivity index (χ4n) is 1.91. The fourth-order valence-corrected chi connectivity index (χ4v) is 1.91. The summed E-state index contributed by atoms with van der Waals surface area (Å²) in [5.74, 6) is 2.74. The minimum Gasteiger partial charge on any atom is -0.383 e. The van der Waals surface area contributed by atoms with Gasteiger partial charge in [-0.25, -0.2) is 9.97 Å². The number of anilines is 2. The SMILES string of the molecule is CCCNc1cc(N(CC)CCOC)nc(C(C)(C)C)n1. The van der Waals surface area contributed by atoms with Crippen LogP contribution in [0, 0.1) is 0 Å². The first-order valence-electron chi connectivity index (χ1n) is 7.79. The van der Waals surface area contributed by atoms with E-state index in [1.54, 1.807) is 7.11 Å². The highest BCUT2D eigenvalue weighted by atomic mass is 16.5. The third-order valence-electron chi connectivity index (χ3n) is 3.21. The second-order valence-corrected chi connectivity index (χ2v) is 6.18. The molecule has 0 spiro atoms. The Balaban J connectivity index is 3.10. The lowest BCUT2D eigenvalue weighted by atomic mass is 9.96. The van der Waals surface area contributed by atoms with Crippen molar-refractivity contribution in [1.82, 2.24) is 9.97 Å². The molecule has 21 heavy (non-hydrogen) atoms. The van der Waals surface area contributed by atoms with Crippen LogP contribution in [0.4, 0.5) is 11.6 Å². The summed E-state index contributed by atoms with van der Waals surface area (Å²) in [6, 6.07) is 2.03. The van der Waals surface area contributed by atoms with E-state index in [4.69, 9.17) is 9.72 Å². The van der Waals surface area contributed by atoms with Gasteiger partial charge in [-0.05, 0) is 13.3 Å². The molecule has 0 saturated heterocycles. The third kappa shape index (κ3) is 5.50. The largest absolute Gasteiger partial charge is 0.383 e. The molecule has 0 aliphatic heterocycles. The lowest BCUT2D eigenvalue weighted by Gasteiger charge is -2.25. The zero-order valence-corrected chi connectivity index (χ0v) is 14.4. The molecule has 0 aromatic carbocycles. The summed E-state index contributed by atoms with van der Waals surface area (Å²) in [7, 11) is 1.72. The molecule has 0 unspecified atom stereocenters. The van der Waals surface area contributed by atoms with Crippen molar-refractivity contribution >= 4 is 11.6 Å². The molecule has 0 atom stereocenters. The highest BCUT2D eigenvalue weighted by molar-refractivity contribution is 5.50. The van der Waals surface area contributed by atoms with Gasteiger partial charge in [0.25, 0.3) is 0 Å². The molecule has 0 amide bonds. The molecule has 0 aliphatic rings. The Bertz CT molecular complexity index is 429. The molecule has 1 rings (SSSR count). The Morgan fingerprint density at radius 2 is 1.95 bits per heavy atom. The van der Waals surface area contributed by atoms with Crippen LogP contribution in [0.1, 0.15) is 46.9 Å². The standard InChI is InChI=1S/C16H30N4O/c1-7-9-17-13-12-14(20(8-2)10-11-21-6)19-15(18-13)16(3,4)5/h12H,7-11H2,1-6H3,(H,17,18,19). The first kappa shape index (κ1) is 17.7. The van der Waals surface area contributed by atoms with Crippen molar-refractivity contribution in [2.24, 2.45) is 0 Å². The molecular weight excluding hydrogens is 264 g/mol. The van der Waals surface area contributed by atoms with Gasteiger partial charge in [-0.2, -0.15) is 0 Å². The van der Waals surface area contributed by atoms with E-state index in [1.807, 2.05) is 6.07 Å². The monoisotopic (exact) mass is 294 g/mol. The van der Waals surface area contributed by atoms with Crippen LogP contribution in [-0.2, 0) is 10.2 Å². The van der Waals surface area contributed by atoms with E-state index in [0.717, 1.165) is 43.5 Å². The predicted octanol–water partition coefficient (Wildman–Crippen LogP) is 3.07. The maximum Gasteiger partial charge on any atom is 0.138 e. The van der Waals surface area contributed by atoms with Gasteiger partial charge in [0, 0.05) is 38.2 Å². The molecule has 5 heteroatoms. The van der Waals surface area contributed by atoms with E-state index < -0.39 is 0 Å². The second-order valence-electron chi connectivity index (χ2n) is 6.18. The van der Waals surface area contributed by atoms with E-state index in [2.05, 4.69) is 49.8 Å². The van der Waals surface area contributed by atoms with Crippen molar-refractivity contribution in [3.63, 3.8) is 0 Å². The van der Waals surface area contributed by atoms with Gasteiger partial charge >= 0.3 is 0 Å². The smallest absolute Gasteiger partial charge is 0.138 e. The van der Waals surface area contributed by atoms with Gasteiger partial charge in [-0.3, -0.25) is 0 Å². The minimum absolute atomic E-state index is 0.0701. The molecule has 1 aromatic heterocycles. The van der Waals surface area contributed by atoms with Gasteiger partial charge in [0.1, 0.15) is 17.5 Å². The van der Waals surface area contributed by atoms with Crippen molar-refractivity contribution in [3.8, 4) is 0 Å². The first-order chi connectivity index (χ1) is 9.92. The van der Waals surface area contributed by atoms with Crippen LogP contribution in [-0.4, -0.2) is 43.3 Å². The summed E-state index contributed by atoms with van der Waals surface area (Å²) in [6.07, 6.45) is 1.07. The van der Waals surface area contributed by atoms with Crippen LogP contribution >= 0.6 is 0 Å². The number of aromatic nitrogens is 2. The Labute approximate surface area is 129 Å². The normalized spacial score (nSPS) is 11.5. The Morgan fingerprint density at radius 1 is 1.24 bits per heavy atom. The summed E-state index contributed by atoms with van der Waals surface area (Å²) < 4.78 is 5.19. The molecule has 0 saturated carbocycles. The van der Waals surface area contributed by atoms with Crippen molar-refractivity contribution in [3.05, 3.63) is 11.9 Å². The molecule has 120 valence electrons. The Hall–Kier alpha value is -1.36. The maximum atomic E-state index is 5.19. The van der Waals surface area contributed by atoms with Crippen LogP contribution in [0.5, 0.6) is 0 Å². The summed E-state index contributed by atoms with van der Waals surface area (Å²) in [4.78, 5) is 11.6. The van der Waals surface area contributed by atoms with Gasteiger partial charge in [0.2, 0.25) is 0 Å². The highest BCUT2D eigenvalue weighted by Crippen LogP contribution is 2.24. The molecule has 1 N–H and O–H groups in total. The van der Waals surface area contributed by atoms with Crippen LogP contribution < -0.4 is 10.2 Å². The fraction of sp³-hybridized carbons (Fsp3) is 0.750.